The Morgan fingerprint density at radius 3 is 2.36 bits per heavy atom. The maximum Gasteiger partial charge on any atom is 0.332 e. The number of halogens is 1. The number of nitrogens with two attached hydrogens (primary N) is 1. The van der Waals surface area contributed by atoms with Gasteiger partial charge in [-0.1, -0.05) is 15.9 Å². The van der Waals surface area contributed by atoms with Crippen molar-refractivity contribution in [2.75, 3.05) is 12.3 Å². The van der Waals surface area contributed by atoms with Gasteiger partial charge in [0.25, 0.3) is 5.56 Å². The molecule has 0 unspecified atom stereocenters. The fourth-order valence-electron chi connectivity index (χ4n) is 1.87. The summed E-state index contributed by atoms with van der Waals surface area (Å²) in [5, 5.41) is 0. The van der Waals surface area contributed by atoms with E-state index in [-0.39, 0.29) is 18.0 Å². The number of nitrogen functional groups attached to an aromatic ring is 1. The fourth-order valence-corrected chi connectivity index (χ4v) is 2.14. The quantitative estimate of drug-likeness (QED) is 0.802. The molecular weight excluding hydrogens is 354 g/mol. The molecule has 0 aliphatic carbocycles. The zero-order chi connectivity index (χ0) is 16.4. The molecule has 0 aliphatic rings. The lowest BCUT2D eigenvalue weighted by Gasteiger charge is -2.11. The number of rotatable bonds is 4. The fraction of sp³-hybridized carbons (Fsp3) is 0.214. The smallest absolute Gasteiger partial charge is 0.332 e. The highest BCUT2D eigenvalue weighted by Gasteiger charge is 2.20. The van der Waals surface area contributed by atoms with Crippen LogP contribution >= 0.6 is 15.9 Å². The Kier molecular flexibility index (Phi) is 4.51. The van der Waals surface area contributed by atoms with Crippen molar-refractivity contribution in [3.05, 3.63) is 55.1 Å². The summed E-state index contributed by atoms with van der Waals surface area (Å²) in [5.74, 6) is -0.272. The molecule has 0 saturated heterocycles. The van der Waals surface area contributed by atoms with E-state index in [2.05, 4.69) is 15.9 Å². The standard InChI is InChI=1S/C14H14BrN3O4/c1-17-12(16)11(13(20)18(2)14(17)21)10(19)7-22-9-5-3-8(15)4-6-9/h3-6H,7,16H2,1-2H3. The number of ether oxygens (including phenoxy) is 1. The van der Waals surface area contributed by atoms with Gasteiger partial charge in [0.15, 0.2) is 6.61 Å². The second kappa shape index (κ2) is 6.18. The van der Waals surface area contributed by atoms with Gasteiger partial charge in [-0.25, -0.2) is 4.79 Å². The van der Waals surface area contributed by atoms with Crippen LogP contribution in [0.15, 0.2) is 38.3 Å². The molecule has 0 amide bonds. The number of hydrogen-bond acceptors (Lipinski definition) is 5. The highest BCUT2D eigenvalue weighted by Crippen LogP contribution is 2.16. The predicted octanol–water partition coefficient (Wildman–Crippen LogP) is 0.690. The van der Waals surface area contributed by atoms with Crippen LogP contribution in [0.4, 0.5) is 5.82 Å². The molecule has 1 aromatic heterocycles. The van der Waals surface area contributed by atoms with Crippen molar-refractivity contribution in [2.45, 2.75) is 0 Å². The lowest BCUT2D eigenvalue weighted by molar-refractivity contribution is 0.0919. The summed E-state index contributed by atoms with van der Waals surface area (Å²) in [6.07, 6.45) is 0. The minimum Gasteiger partial charge on any atom is -0.485 e. The summed E-state index contributed by atoms with van der Waals surface area (Å²) in [4.78, 5) is 35.9. The Balaban J connectivity index is 2.29. The average Bonchev–Trinajstić information content (AvgIpc) is 2.50. The molecule has 7 nitrogen and oxygen atoms in total. The van der Waals surface area contributed by atoms with Gasteiger partial charge in [0, 0.05) is 18.6 Å². The Morgan fingerprint density at radius 1 is 1.18 bits per heavy atom. The van der Waals surface area contributed by atoms with Gasteiger partial charge in [-0.2, -0.15) is 0 Å². The first-order valence-electron chi connectivity index (χ1n) is 6.30. The molecule has 0 fully saturated rings. The number of carbonyl (C=O) groups is 1. The number of Topliss-reactive ketones (excluding diaryl/α,β-unsaturated/α-hetero) is 1. The van der Waals surface area contributed by atoms with E-state index in [0.717, 1.165) is 13.6 Å². The number of benzene rings is 1. The Labute approximate surface area is 134 Å². The summed E-state index contributed by atoms with van der Waals surface area (Å²) < 4.78 is 8.10. The van der Waals surface area contributed by atoms with E-state index in [4.69, 9.17) is 10.5 Å². The Morgan fingerprint density at radius 2 is 1.77 bits per heavy atom. The third-order valence-corrected chi connectivity index (χ3v) is 3.70. The van der Waals surface area contributed by atoms with Crippen molar-refractivity contribution in [1.29, 1.82) is 0 Å². The van der Waals surface area contributed by atoms with Crippen LogP contribution in [-0.2, 0) is 14.1 Å². The van der Waals surface area contributed by atoms with Crippen molar-refractivity contribution >= 4 is 27.5 Å². The third kappa shape index (κ3) is 2.96. The molecule has 8 heteroatoms. The number of aromatic nitrogens is 2. The van der Waals surface area contributed by atoms with E-state index in [1.54, 1.807) is 24.3 Å². The zero-order valence-corrected chi connectivity index (χ0v) is 13.6. The van der Waals surface area contributed by atoms with Gasteiger partial charge >= 0.3 is 5.69 Å². The third-order valence-electron chi connectivity index (χ3n) is 3.17. The van der Waals surface area contributed by atoms with Crippen LogP contribution in [0.2, 0.25) is 0 Å². The summed E-state index contributed by atoms with van der Waals surface area (Å²) in [5.41, 5.74) is 4.14. The molecule has 2 aromatic rings. The van der Waals surface area contributed by atoms with Crippen molar-refractivity contribution < 1.29 is 9.53 Å². The van der Waals surface area contributed by atoms with Crippen LogP contribution < -0.4 is 21.7 Å². The second-order valence-corrected chi connectivity index (χ2v) is 5.55. The van der Waals surface area contributed by atoms with Crippen LogP contribution in [0, 0.1) is 0 Å². The van der Waals surface area contributed by atoms with Crippen molar-refractivity contribution in [3.63, 3.8) is 0 Å². The number of ketones is 1. The molecular formula is C14H14BrN3O4. The first-order valence-corrected chi connectivity index (χ1v) is 7.09. The van der Waals surface area contributed by atoms with Crippen LogP contribution in [0.25, 0.3) is 0 Å². The minimum absolute atomic E-state index is 0.169. The molecule has 2 rings (SSSR count). The summed E-state index contributed by atoms with van der Waals surface area (Å²) >= 11 is 3.29. The zero-order valence-electron chi connectivity index (χ0n) is 12.0. The summed E-state index contributed by atoms with van der Waals surface area (Å²) in [6, 6.07) is 6.89. The van der Waals surface area contributed by atoms with Gasteiger partial charge in [0.1, 0.15) is 17.1 Å². The number of carbonyl (C=O) groups excluding carboxylic acids is 1. The topological polar surface area (TPSA) is 96.3 Å². The number of anilines is 1. The van der Waals surface area contributed by atoms with Crippen LogP contribution in [0.1, 0.15) is 10.4 Å². The lowest BCUT2D eigenvalue weighted by Crippen LogP contribution is -2.42. The predicted molar refractivity (Wildman–Crippen MR) is 85.3 cm³/mol. The van der Waals surface area contributed by atoms with E-state index < -0.39 is 17.0 Å². The summed E-state index contributed by atoms with van der Waals surface area (Å²) in [6.45, 7) is -0.348. The van der Waals surface area contributed by atoms with Gasteiger partial charge in [0.05, 0.1) is 0 Å². The molecule has 22 heavy (non-hydrogen) atoms. The van der Waals surface area contributed by atoms with E-state index in [0.29, 0.717) is 5.75 Å². The van der Waals surface area contributed by atoms with Gasteiger partial charge < -0.3 is 10.5 Å². The van der Waals surface area contributed by atoms with Gasteiger partial charge in [-0.05, 0) is 24.3 Å². The number of nitrogens with zero attached hydrogens (tertiary/aromatic N) is 2. The van der Waals surface area contributed by atoms with Crippen LogP contribution in [-0.4, -0.2) is 21.5 Å². The largest absolute Gasteiger partial charge is 0.485 e. The molecule has 116 valence electrons. The number of hydrogen-bond donors (Lipinski definition) is 1. The lowest BCUT2D eigenvalue weighted by atomic mass is 10.2. The van der Waals surface area contributed by atoms with E-state index in [1.807, 2.05) is 0 Å². The van der Waals surface area contributed by atoms with Gasteiger partial charge in [-0.3, -0.25) is 18.7 Å². The SMILES string of the molecule is Cn1c(N)c(C(=O)COc2ccc(Br)cc2)c(=O)n(C)c1=O. The maximum absolute atomic E-state index is 12.2. The average molecular weight is 368 g/mol. The molecule has 0 atom stereocenters. The second-order valence-electron chi connectivity index (χ2n) is 4.63. The van der Waals surface area contributed by atoms with Crippen LogP contribution in [0.3, 0.4) is 0 Å². The van der Waals surface area contributed by atoms with Crippen molar-refractivity contribution in [2.24, 2.45) is 14.1 Å². The van der Waals surface area contributed by atoms with Crippen molar-refractivity contribution in [1.82, 2.24) is 9.13 Å². The molecule has 0 saturated carbocycles. The van der Waals surface area contributed by atoms with Crippen LogP contribution in [0.5, 0.6) is 5.75 Å². The Bertz CT molecular complexity index is 837. The molecule has 0 bridgehead atoms. The van der Waals surface area contributed by atoms with E-state index in [9.17, 15) is 14.4 Å². The maximum atomic E-state index is 12.2. The van der Waals surface area contributed by atoms with Gasteiger partial charge in [-0.15, -0.1) is 0 Å². The molecule has 1 heterocycles. The highest BCUT2D eigenvalue weighted by atomic mass is 79.9. The Hall–Kier alpha value is -2.35. The van der Waals surface area contributed by atoms with E-state index >= 15 is 0 Å². The minimum atomic E-state index is -0.731. The molecule has 0 aliphatic heterocycles. The first kappa shape index (κ1) is 16.0. The monoisotopic (exact) mass is 367 g/mol. The highest BCUT2D eigenvalue weighted by molar-refractivity contribution is 9.10. The first-order chi connectivity index (χ1) is 10.3. The molecule has 0 radical (unpaired) electrons. The molecule has 0 spiro atoms. The van der Waals surface area contributed by atoms with E-state index in [1.165, 1.54) is 14.1 Å². The van der Waals surface area contributed by atoms with Gasteiger partial charge in [0.2, 0.25) is 5.78 Å². The molecule has 1 aromatic carbocycles. The summed E-state index contributed by atoms with van der Waals surface area (Å²) in [7, 11) is 2.68. The normalized spacial score (nSPS) is 10.5. The molecule has 2 N–H and O–H groups in total. The van der Waals surface area contributed by atoms with Crippen molar-refractivity contribution in [3.8, 4) is 5.75 Å².